The van der Waals surface area contributed by atoms with Crippen molar-refractivity contribution in [2.45, 2.75) is 74.7 Å². The summed E-state index contributed by atoms with van der Waals surface area (Å²) < 4.78 is 11.8. The van der Waals surface area contributed by atoms with Gasteiger partial charge in [0.2, 0.25) is 5.91 Å². The SMILES string of the molecule is C[C@H](NC(=O)C[C@H](O)C(=O)O)C(=O)OC1=CC[C@@]2(O)[C@@H]3CCC[C@@]24c2c(ccc(O)c2O[C@@H]14)C3. The number of carbonyl (C=O) groups is 3. The standard InChI is InChI=1S/C24H27NO9/c1-11(25-17(28)10-15(27)21(29)30)22(31)33-16-6-8-24(32)13-3-2-7-23(24)18-12(9-13)4-5-14(26)19(18)34-20(16)23/h4-6,11,13,15,20,26-27,32H,2-3,7-10H2,1H3,(H,25,28)(H,29,30)/t11-,13+,15-,20-,23-,24+/m0/s1. The summed E-state index contributed by atoms with van der Waals surface area (Å²) in [6.45, 7) is 1.39. The van der Waals surface area contributed by atoms with Crippen molar-refractivity contribution in [3.05, 3.63) is 35.1 Å². The van der Waals surface area contributed by atoms with Crippen LogP contribution in [0.25, 0.3) is 0 Å². The Kier molecular flexibility index (Phi) is 5.14. The fourth-order valence-electron chi connectivity index (χ4n) is 6.36. The van der Waals surface area contributed by atoms with E-state index in [0.717, 1.165) is 24.0 Å². The van der Waals surface area contributed by atoms with Gasteiger partial charge in [0.05, 0.1) is 17.4 Å². The number of esters is 1. The van der Waals surface area contributed by atoms with E-state index in [1.165, 1.54) is 6.92 Å². The van der Waals surface area contributed by atoms with Gasteiger partial charge in [0.1, 0.15) is 11.8 Å². The number of aliphatic carboxylic acids is 1. The van der Waals surface area contributed by atoms with Crippen LogP contribution in [-0.2, 0) is 31.0 Å². The normalized spacial score (nSPS) is 31.9. The number of ether oxygens (including phenoxy) is 2. The Balaban J connectivity index is 1.40. The summed E-state index contributed by atoms with van der Waals surface area (Å²) in [5.41, 5.74) is -0.124. The zero-order chi connectivity index (χ0) is 24.4. The second-order valence-corrected chi connectivity index (χ2v) is 9.71. The summed E-state index contributed by atoms with van der Waals surface area (Å²) in [4.78, 5) is 35.5. The van der Waals surface area contributed by atoms with E-state index < -0.39 is 53.5 Å². The summed E-state index contributed by atoms with van der Waals surface area (Å²) in [5, 5.41) is 42.8. The third kappa shape index (κ3) is 3.05. The van der Waals surface area contributed by atoms with Crippen molar-refractivity contribution in [2.24, 2.45) is 5.92 Å². The number of hydrogen-bond donors (Lipinski definition) is 5. The Hall–Kier alpha value is -3.11. The Morgan fingerprint density at radius 3 is 2.82 bits per heavy atom. The summed E-state index contributed by atoms with van der Waals surface area (Å²) in [5.74, 6) is -2.63. The highest BCUT2D eigenvalue weighted by Crippen LogP contribution is 2.67. The number of hydrogen-bond acceptors (Lipinski definition) is 8. The molecule has 1 aliphatic heterocycles. The van der Waals surface area contributed by atoms with Crippen LogP contribution in [0.3, 0.4) is 0 Å². The van der Waals surface area contributed by atoms with Crippen LogP contribution in [0.4, 0.5) is 0 Å². The molecule has 1 amide bonds. The highest BCUT2D eigenvalue weighted by atomic mass is 16.6. The van der Waals surface area contributed by atoms with Gasteiger partial charge in [0, 0.05) is 5.56 Å². The maximum Gasteiger partial charge on any atom is 0.333 e. The molecule has 1 aromatic rings. The van der Waals surface area contributed by atoms with Crippen LogP contribution in [-0.4, -0.2) is 62.1 Å². The van der Waals surface area contributed by atoms with Gasteiger partial charge >= 0.3 is 11.9 Å². The molecule has 0 saturated heterocycles. The molecule has 5 rings (SSSR count). The number of nitrogens with one attached hydrogen (secondary N) is 1. The van der Waals surface area contributed by atoms with Gasteiger partial charge in [0.15, 0.2) is 23.7 Å². The van der Waals surface area contributed by atoms with E-state index in [4.69, 9.17) is 14.6 Å². The lowest BCUT2D eigenvalue weighted by atomic mass is 9.47. The smallest absolute Gasteiger partial charge is 0.333 e. The molecule has 2 bridgehead atoms. The number of benzene rings is 1. The van der Waals surface area contributed by atoms with E-state index >= 15 is 0 Å². The van der Waals surface area contributed by atoms with Crippen molar-refractivity contribution in [3.8, 4) is 11.5 Å². The molecule has 4 aliphatic rings. The summed E-state index contributed by atoms with van der Waals surface area (Å²) in [6, 6.07) is 2.33. The zero-order valence-corrected chi connectivity index (χ0v) is 18.6. The van der Waals surface area contributed by atoms with Gasteiger partial charge in [-0.05, 0) is 56.2 Å². The number of amides is 1. The number of phenols is 1. The van der Waals surface area contributed by atoms with Crippen molar-refractivity contribution >= 4 is 17.8 Å². The number of carboxylic acid groups (broad SMARTS) is 1. The second kappa shape index (κ2) is 7.71. The first-order chi connectivity index (χ1) is 16.1. The lowest BCUT2D eigenvalue weighted by molar-refractivity contribution is -0.161. The molecule has 1 heterocycles. The molecule has 0 unspecified atom stereocenters. The number of aromatic hydroxyl groups is 1. The minimum absolute atomic E-state index is 0.0164. The number of phenolic OH excluding ortho intramolecular Hbond substituents is 1. The maximum absolute atomic E-state index is 12.8. The minimum Gasteiger partial charge on any atom is -0.504 e. The Labute approximate surface area is 195 Å². The van der Waals surface area contributed by atoms with E-state index in [-0.39, 0.29) is 23.8 Å². The van der Waals surface area contributed by atoms with E-state index in [1.807, 2.05) is 6.07 Å². The van der Waals surface area contributed by atoms with Gasteiger partial charge < -0.3 is 35.2 Å². The molecule has 6 atom stereocenters. The van der Waals surface area contributed by atoms with Gasteiger partial charge in [-0.2, -0.15) is 0 Å². The first-order valence-corrected chi connectivity index (χ1v) is 11.4. The van der Waals surface area contributed by atoms with Gasteiger partial charge in [-0.1, -0.05) is 12.5 Å². The lowest BCUT2D eigenvalue weighted by Gasteiger charge is -2.59. The van der Waals surface area contributed by atoms with E-state index in [1.54, 1.807) is 12.1 Å². The lowest BCUT2D eigenvalue weighted by Crippen LogP contribution is -2.67. The molecule has 10 heteroatoms. The number of aliphatic hydroxyl groups excluding tert-OH is 1. The van der Waals surface area contributed by atoms with Crippen LogP contribution in [0, 0.1) is 5.92 Å². The topological polar surface area (TPSA) is 163 Å². The first kappa shape index (κ1) is 22.7. The number of rotatable bonds is 6. The maximum atomic E-state index is 12.8. The summed E-state index contributed by atoms with van der Waals surface area (Å²) >= 11 is 0. The molecule has 5 N–H and O–H groups in total. The molecule has 0 radical (unpaired) electrons. The molecular weight excluding hydrogens is 446 g/mol. The van der Waals surface area contributed by atoms with Crippen molar-refractivity contribution in [1.82, 2.24) is 5.32 Å². The molecule has 182 valence electrons. The molecule has 3 aliphatic carbocycles. The number of carbonyl (C=O) groups excluding carboxylic acids is 2. The molecule has 1 fully saturated rings. The molecule has 34 heavy (non-hydrogen) atoms. The summed E-state index contributed by atoms with van der Waals surface area (Å²) in [7, 11) is 0. The molecular formula is C24H27NO9. The van der Waals surface area contributed by atoms with Gasteiger partial charge in [-0.15, -0.1) is 0 Å². The van der Waals surface area contributed by atoms with Gasteiger partial charge in [-0.25, -0.2) is 9.59 Å². The van der Waals surface area contributed by atoms with Crippen molar-refractivity contribution in [1.29, 1.82) is 0 Å². The second-order valence-electron chi connectivity index (χ2n) is 9.71. The molecule has 10 nitrogen and oxygen atoms in total. The summed E-state index contributed by atoms with van der Waals surface area (Å²) in [6.07, 6.45) is 1.56. The average Bonchev–Trinajstić information content (AvgIpc) is 3.12. The van der Waals surface area contributed by atoms with Crippen LogP contribution in [0.5, 0.6) is 11.5 Å². The molecule has 0 aromatic heterocycles. The van der Waals surface area contributed by atoms with Crippen LogP contribution >= 0.6 is 0 Å². The monoisotopic (exact) mass is 473 g/mol. The number of aliphatic hydroxyl groups is 2. The first-order valence-electron chi connectivity index (χ1n) is 11.4. The third-order valence-electron chi connectivity index (χ3n) is 7.88. The molecule has 1 spiro atoms. The molecule has 1 saturated carbocycles. The third-order valence-corrected chi connectivity index (χ3v) is 7.88. The van der Waals surface area contributed by atoms with Gasteiger partial charge in [-0.3, -0.25) is 4.79 Å². The molecule has 1 aromatic carbocycles. The van der Waals surface area contributed by atoms with Crippen LogP contribution < -0.4 is 10.1 Å². The average molecular weight is 473 g/mol. The van der Waals surface area contributed by atoms with Crippen molar-refractivity contribution in [2.75, 3.05) is 0 Å². The predicted octanol–water partition coefficient (Wildman–Crippen LogP) is 0.649. The largest absolute Gasteiger partial charge is 0.504 e. The van der Waals surface area contributed by atoms with Crippen LogP contribution in [0.2, 0.25) is 0 Å². The quantitative estimate of drug-likeness (QED) is 0.373. The predicted molar refractivity (Wildman–Crippen MR) is 115 cm³/mol. The Bertz CT molecular complexity index is 1110. The van der Waals surface area contributed by atoms with Crippen molar-refractivity contribution in [3.63, 3.8) is 0 Å². The highest BCUT2D eigenvalue weighted by Gasteiger charge is 2.70. The Morgan fingerprint density at radius 1 is 1.32 bits per heavy atom. The minimum atomic E-state index is -1.88. The zero-order valence-electron chi connectivity index (χ0n) is 18.6. The van der Waals surface area contributed by atoms with Crippen LogP contribution in [0.1, 0.15) is 50.2 Å². The van der Waals surface area contributed by atoms with Gasteiger partial charge in [0.25, 0.3) is 0 Å². The fraction of sp³-hybridized carbons (Fsp3) is 0.542. The van der Waals surface area contributed by atoms with Crippen molar-refractivity contribution < 1.29 is 44.3 Å². The highest BCUT2D eigenvalue weighted by molar-refractivity contribution is 5.87. The van der Waals surface area contributed by atoms with E-state index in [0.29, 0.717) is 18.6 Å². The van der Waals surface area contributed by atoms with Crippen LogP contribution in [0.15, 0.2) is 24.0 Å². The Morgan fingerprint density at radius 2 is 2.09 bits per heavy atom. The van der Waals surface area contributed by atoms with E-state index in [2.05, 4.69) is 5.32 Å². The van der Waals surface area contributed by atoms with E-state index in [9.17, 15) is 29.7 Å². The number of carboxylic acids is 1. The fourth-order valence-corrected chi connectivity index (χ4v) is 6.36.